The molecule has 0 radical (unpaired) electrons. The molecule has 0 heterocycles. The third-order valence-electron chi connectivity index (χ3n) is 3.89. The van der Waals surface area contributed by atoms with Crippen LogP contribution in [0.4, 0.5) is 0 Å². The monoisotopic (exact) mass is 344 g/mol. The second kappa shape index (κ2) is 11.9. The van der Waals surface area contributed by atoms with E-state index in [0.717, 1.165) is 50.4 Å². The number of unbranched alkanes of at least 4 members (excludes halogenated alkanes) is 2. The predicted molar refractivity (Wildman–Crippen MR) is 104 cm³/mol. The lowest BCUT2D eigenvalue weighted by Crippen LogP contribution is -2.03. The van der Waals surface area contributed by atoms with Crippen molar-refractivity contribution in [3.05, 3.63) is 60.7 Å². The van der Waals surface area contributed by atoms with Crippen molar-refractivity contribution in [1.29, 1.82) is 0 Å². The van der Waals surface area contributed by atoms with Crippen LogP contribution >= 0.6 is 12.6 Å². The molecule has 0 unspecified atom stereocenters. The molecular weight excluding hydrogens is 316 g/mol. The third kappa shape index (κ3) is 8.30. The maximum Gasteiger partial charge on any atom is 0.119 e. The number of benzene rings is 2. The zero-order valence-corrected chi connectivity index (χ0v) is 15.2. The minimum absolute atomic E-state index is 0.485. The molecule has 0 atom stereocenters. The first-order chi connectivity index (χ1) is 11.8. The summed E-state index contributed by atoms with van der Waals surface area (Å²) < 4.78 is 11.4. The Hall–Kier alpha value is -1.61. The molecule has 24 heavy (non-hydrogen) atoms. The molecule has 0 aliphatic carbocycles. The summed E-state index contributed by atoms with van der Waals surface area (Å²) >= 11 is 4.69. The lowest BCUT2D eigenvalue weighted by Gasteiger charge is -2.11. The maximum absolute atomic E-state index is 5.70. The van der Waals surface area contributed by atoms with Crippen molar-refractivity contribution in [3.8, 4) is 11.5 Å². The molecule has 130 valence electrons. The van der Waals surface area contributed by atoms with Gasteiger partial charge in [-0.3, -0.25) is 0 Å². The van der Waals surface area contributed by atoms with E-state index in [1.807, 2.05) is 60.7 Å². The summed E-state index contributed by atoms with van der Waals surface area (Å²) in [6.45, 7) is 1.57. The minimum Gasteiger partial charge on any atom is -0.494 e. The van der Waals surface area contributed by atoms with Gasteiger partial charge in [0.2, 0.25) is 0 Å². The van der Waals surface area contributed by atoms with Crippen molar-refractivity contribution in [2.75, 3.05) is 13.2 Å². The molecule has 2 aromatic rings. The summed E-state index contributed by atoms with van der Waals surface area (Å²) in [6, 6.07) is 20.0. The fourth-order valence-corrected chi connectivity index (χ4v) is 2.89. The van der Waals surface area contributed by atoms with Gasteiger partial charge in [0.25, 0.3) is 0 Å². The highest BCUT2D eigenvalue weighted by atomic mass is 32.1. The molecule has 0 saturated carbocycles. The van der Waals surface area contributed by atoms with Gasteiger partial charge in [-0.25, -0.2) is 0 Å². The summed E-state index contributed by atoms with van der Waals surface area (Å²) in [5.74, 6) is 1.91. The second-order valence-electron chi connectivity index (χ2n) is 5.97. The number of hydrogen-bond acceptors (Lipinski definition) is 3. The Morgan fingerprint density at radius 1 is 0.625 bits per heavy atom. The first-order valence-electron chi connectivity index (χ1n) is 8.88. The van der Waals surface area contributed by atoms with Crippen molar-refractivity contribution in [1.82, 2.24) is 0 Å². The molecule has 2 nitrogen and oxygen atoms in total. The van der Waals surface area contributed by atoms with Crippen molar-refractivity contribution in [2.45, 2.75) is 43.8 Å². The second-order valence-corrected chi connectivity index (χ2v) is 6.70. The van der Waals surface area contributed by atoms with Crippen LogP contribution in [0.15, 0.2) is 60.7 Å². The van der Waals surface area contributed by atoms with E-state index in [4.69, 9.17) is 22.1 Å². The van der Waals surface area contributed by atoms with Crippen molar-refractivity contribution >= 4 is 12.6 Å². The normalized spacial score (nSPS) is 10.8. The molecule has 0 spiro atoms. The molecule has 0 fully saturated rings. The number of hydrogen-bond donors (Lipinski definition) is 1. The Morgan fingerprint density at radius 2 is 1.04 bits per heavy atom. The quantitative estimate of drug-likeness (QED) is 0.388. The van der Waals surface area contributed by atoms with Crippen LogP contribution in [0, 0.1) is 0 Å². The van der Waals surface area contributed by atoms with E-state index in [1.165, 1.54) is 12.8 Å². The molecule has 2 rings (SSSR count). The van der Waals surface area contributed by atoms with Gasteiger partial charge < -0.3 is 9.47 Å². The van der Waals surface area contributed by atoms with Gasteiger partial charge >= 0.3 is 0 Å². The van der Waals surface area contributed by atoms with Crippen molar-refractivity contribution in [2.24, 2.45) is 0 Å². The van der Waals surface area contributed by atoms with Crippen LogP contribution in [0.5, 0.6) is 11.5 Å². The van der Waals surface area contributed by atoms with E-state index < -0.39 is 0 Å². The Kier molecular flexibility index (Phi) is 9.25. The average molecular weight is 345 g/mol. The number of rotatable bonds is 12. The van der Waals surface area contributed by atoms with Gasteiger partial charge in [-0.2, -0.15) is 12.6 Å². The standard InChI is InChI=1S/C21H28O2S/c24-21(15-7-9-17-22-19-11-3-1-4-12-19)16-8-10-18-23-20-13-5-2-6-14-20/h1-6,11-14,21,24H,7-10,15-18H2. The van der Waals surface area contributed by atoms with Crippen LogP contribution in [0.1, 0.15) is 38.5 Å². The molecule has 2 aromatic carbocycles. The lowest BCUT2D eigenvalue weighted by atomic mass is 10.1. The molecule has 0 bridgehead atoms. The van der Waals surface area contributed by atoms with Crippen molar-refractivity contribution < 1.29 is 9.47 Å². The summed E-state index contributed by atoms with van der Waals surface area (Å²) in [4.78, 5) is 0. The summed E-state index contributed by atoms with van der Waals surface area (Å²) in [6.07, 6.45) is 6.82. The number of para-hydroxylation sites is 2. The van der Waals surface area contributed by atoms with Crippen LogP contribution < -0.4 is 9.47 Å². The fraction of sp³-hybridized carbons (Fsp3) is 0.429. The van der Waals surface area contributed by atoms with Gasteiger partial charge in [0.1, 0.15) is 11.5 Å². The smallest absolute Gasteiger partial charge is 0.119 e. The van der Waals surface area contributed by atoms with E-state index in [-0.39, 0.29) is 0 Å². The van der Waals surface area contributed by atoms with Crippen molar-refractivity contribution in [3.63, 3.8) is 0 Å². The third-order valence-corrected chi connectivity index (χ3v) is 4.40. The first kappa shape index (κ1) is 18.7. The van der Waals surface area contributed by atoms with E-state index >= 15 is 0 Å². The minimum atomic E-state index is 0.485. The number of ether oxygens (including phenoxy) is 2. The van der Waals surface area contributed by atoms with Crippen LogP contribution in [-0.4, -0.2) is 18.5 Å². The largest absolute Gasteiger partial charge is 0.494 e. The topological polar surface area (TPSA) is 18.5 Å². The molecule has 0 N–H and O–H groups in total. The Balaban J connectivity index is 1.42. The summed E-state index contributed by atoms with van der Waals surface area (Å²) in [5, 5.41) is 0.485. The molecule has 0 amide bonds. The molecule has 0 aliphatic heterocycles. The van der Waals surface area contributed by atoms with Gasteiger partial charge in [0.15, 0.2) is 0 Å². The number of thiol groups is 1. The van der Waals surface area contributed by atoms with E-state index in [9.17, 15) is 0 Å². The van der Waals surface area contributed by atoms with Gasteiger partial charge in [-0.15, -0.1) is 0 Å². The van der Waals surface area contributed by atoms with Gasteiger partial charge in [0, 0.05) is 5.25 Å². The van der Waals surface area contributed by atoms with E-state index in [0.29, 0.717) is 5.25 Å². The lowest BCUT2D eigenvalue weighted by molar-refractivity contribution is 0.300. The van der Waals surface area contributed by atoms with E-state index in [2.05, 4.69) is 0 Å². The van der Waals surface area contributed by atoms with Crippen LogP contribution in [0.3, 0.4) is 0 Å². The summed E-state index contributed by atoms with van der Waals surface area (Å²) in [5.41, 5.74) is 0. The molecule has 0 aliphatic rings. The molecule has 0 saturated heterocycles. The van der Waals surface area contributed by atoms with Gasteiger partial charge in [-0.05, 0) is 62.8 Å². The first-order valence-corrected chi connectivity index (χ1v) is 9.40. The highest BCUT2D eigenvalue weighted by molar-refractivity contribution is 7.80. The maximum atomic E-state index is 5.70. The molecule has 0 aromatic heterocycles. The Labute approximate surface area is 151 Å². The fourth-order valence-electron chi connectivity index (χ4n) is 2.52. The Morgan fingerprint density at radius 3 is 1.46 bits per heavy atom. The Bertz CT molecular complexity index is 481. The van der Waals surface area contributed by atoms with E-state index in [1.54, 1.807) is 0 Å². The van der Waals surface area contributed by atoms with Crippen LogP contribution in [0.2, 0.25) is 0 Å². The highest BCUT2D eigenvalue weighted by Gasteiger charge is 2.03. The molecule has 3 heteroatoms. The molecular formula is C21H28O2S. The zero-order valence-electron chi connectivity index (χ0n) is 14.3. The predicted octanol–water partition coefficient (Wildman–Crippen LogP) is 5.78. The zero-order chi connectivity index (χ0) is 16.9. The van der Waals surface area contributed by atoms with Crippen LogP contribution in [-0.2, 0) is 0 Å². The highest BCUT2D eigenvalue weighted by Crippen LogP contribution is 2.16. The van der Waals surface area contributed by atoms with Crippen LogP contribution in [0.25, 0.3) is 0 Å². The SMILES string of the molecule is SC(CCCCOc1ccccc1)CCCCOc1ccccc1. The van der Waals surface area contributed by atoms with Gasteiger partial charge in [-0.1, -0.05) is 36.4 Å². The van der Waals surface area contributed by atoms with Gasteiger partial charge in [0.05, 0.1) is 13.2 Å². The summed E-state index contributed by atoms with van der Waals surface area (Å²) in [7, 11) is 0. The average Bonchev–Trinajstić information content (AvgIpc) is 2.63.